The maximum Gasteiger partial charge on any atom is 0.340 e. The zero-order valence-corrected chi connectivity index (χ0v) is 17.7. The molecule has 2 aromatic carbocycles. The third-order valence-electron chi connectivity index (χ3n) is 5.77. The van der Waals surface area contributed by atoms with Crippen LogP contribution >= 0.6 is 0 Å². The van der Waals surface area contributed by atoms with Gasteiger partial charge >= 0.3 is 5.97 Å². The topological polar surface area (TPSA) is 71.8 Å². The number of esters is 1. The van der Waals surface area contributed by atoms with Gasteiger partial charge in [0.2, 0.25) is 5.91 Å². The van der Waals surface area contributed by atoms with Crippen molar-refractivity contribution in [2.75, 3.05) is 38.2 Å². The van der Waals surface area contributed by atoms with Gasteiger partial charge in [-0.3, -0.25) is 9.59 Å². The van der Waals surface area contributed by atoms with Crippen molar-refractivity contribution in [3.05, 3.63) is 65.9 Å². The van der Waals surface area contributed by atoms with Crippen LogP contribution < -0.4 is 4.90 Å². The number of para-hydroxylation sites is 1. The van der Waals surface area contributed by atoms with E-state index in [2.05, 4.69) is 4.90 Å². The van der Waals surface area contributed by atoms with Crippen molar-refractivity contribution in [3.8, 4) is 0 Å². The van der Waals surface area contributed by atoms with Crippen molar-refractivity contribution < 1.29 is 19.1 Å². The Kier molecular flexibility index (Phi) is 5.75. The van der Waals surface area contributed by atoms with Crippen molar-refractivity contribution in [2.45, 2.75) is 13.5 Å². The average Bonchev–Trinajstić information content (AvgIpc) is 3.17. The Morgan fingerprint density at radius 1 is 0.935 bits per heavy atom. The lowest BCUT2D eigenvalue weighted by Crippen LogP contribution is -2.49. The predicted octanol–water partition coefficient (Wildman–Crippen LogP) is 2.98. The number of ketones is 1. The maximum atomic E-state index is 13.0. The van der Waals surface area contributed by atoms with Gasteiger partial charge in [-0.2, -0.15) is 0 Å². The third kappa shape index (κ3) is 4.17. The second-order valence-corrected chi connectivity index (χ2v) is 7.65. The molecular weight excluding hydrogens is 394 g/mol. The van der Waals surface area contributed by atoms with Crippen LogP contribution in [-0.2, 0) is 16.1 Å². The first-order valence-corrected chi connectivity index (χ1v) is 10.3. The van der Waals surface area contributed by atoms with Crippen LogP contribution in [0, 0.1) is 0 Å². The van der Waals surface area contributed by atoms with Crippen LogP contribution in [0.5, 0.6) is 0 Å². The lowest BCUT2D eigenvalue weighted by atomic mass is 10.1. The smallest absolute Gasteiger partial charge is 0.340 e. The summed E-state index contributed by atoms with van der Waals surface area (Å²) in [6, 6.07) is 15.1. The summed E-state index contributed by atoms with van der Waals surface area (Å²) in [5.74, 6) is -0.342. The molecule has 0 saturated carbocycles. The maximum absolute atomic E-state index is 13.0. The quantitative estimate of drug-likeness (QED) is 0.470. The number of rotatable bonds is 5. The van der Waals surface area contributed by atoms with E-state index in [1.165, 1.54) is 7.11 Å². The summed E-state index contributed by atoms with van der Waals surface area (Å²) in [4.78, 5) is 40.6. The zero-order chi connectivity index (χ0) is 22.0. The van der Waals surface area contributed by atoms with E-state index in [4.69, 9.17) is 4.74 Å². The number of Topliss-reactive ketones (excluding diaryl/α,β-unsaturated/α-hetero) is 1. The van der Waals surface area contributed by atoms with E-state index in [1.54, 1.807) is 13.1 Å². The van der Waals surface area contributed by atoms with Crippen molar-refractivity contribution >= 4 is 34.3 Å². The van der Waals surface area contributed by atoms with Gasteiger partial charge in [-0.15, -0.1) is 0 Å². The minimum atomic E-state index is -0.410. The van der Waals surface area contributed by atoms with E-state index in [0.29, 0.717) is 24.2 Å². The Morgan fingerprint density at radius 2 is 1.61 bits per heavy atom. The Bertz CT molecular complexity index is 1130. The molecule has 1 aromatic heterocycles. The normalized spacial score (nSPS) is 14.0. The Morgan fingerprint density at radius 3 is 2.26 bits per heavy atom. The molecule has 4 rings (SSSR count). The zero-order valence-electron chi connectivity index (χ0n) is 17.7. The second kappa shape index (κ2) is 8.63. The van der Waals surface area contributed by atoms with Gasteiger partial charge in [0.1, 0.15) is 6.54 Å². The van der Waals surface area contributed by atoms with Crippen LogP contribution in [0.15, 0.2) is 54.7 Å². The molecule has 7 nitrogen and oxygen atoms in total. The largest absolute Gasteiger partial charge is 0.465 e. The number of anilines is 1. The van der Waals surface area contributed by atoms with Gasteiger partial charge < -0.3 is 19.1 Å². The van der Waals surface area contributed by atoms with Gasteiger partial charge in [0.05, 0.1) is 12.7 Å². The van der Waals surface area contributed by atoms with Crippen molar-refractivity contribution in [3.63, 3.8) is 0 Å². The van der Waals surface area contributed by atoms with E-state index in [0.717, 1.165) is 29.7 Å². The molecule has 1 amide bonds. The van der Waals surface area contributed by atoms with Crippen molar-refractivity contribution in [2.24, 2.45) is 0 Å². The molecule has 0 bridgehead atoms. The molecule has 0 atom stereocenters. The van der Waals surface area contributed by atoms with Gasteiger partial charge in [0.25, 0.3) is 0 Å². The van der Waals surface area contributed by atoms with E-state index in [9.17, 15) is 14.4 Å². The molecule has 7 heteroatoms. The number of hydrogen-bond donors (Lipinski definition) is 0. The molecule has 0 unspecified atom stereocenters. The molecule has 0 spiro atoms. The SMILES string of the molecule is COC(=O)c1cn(CC(=O)N2CCN(c3ccc(C(C)=O)cc3)CC2)c2ccccc12. The minimum absolute atomic E-state index is 0.0174. The van der Waals surface area contributed by atoms with Crippen molar-refractivity contribution in [1.82, 2.24) is 9.47 Å². The molecule has 1 saturated heterocycles. The molecular formula is C24H25N3O4. The minimum Gasteiger partial charge on any atom is -0.465 e. The number of carbonyl (C=O) groups excluding carboxylic acids is 3. The summed E-state index contributed by atoms with van der Waals surface area (Å²) in [6.45, 7) is 4.43. The molecule has 1 aliphatic rings. The first-order valence-electron chi connectivity index (χ1n) is 10.3. The van der Waals surface area contributed by atoms with Crippen LogP contribution in [0.25, 0.3) is 10.9 Å². The monoisotopic (exact) mass is 419 g/mol. The molecule has 1 fully saturated rings. The summed E-state index contributed by atoms with van der Waals surface area (Å²) in [7, 11) is 1.35. The van der Waals surface area contributed by atoms with Gasteiger partial charge in [-0.1, -0.05) is 18.2 Å². The fourth-order valence-corrected chi connectivity index (χ4v) is 4.02. The van der Waals surface area contributed by atoms with Gasteiger partial charge in [0, 0.05) is 54.5 Å². The summed E-state index contributed by atoms with van der Waals surface area (Å²) in [6.07, 6.45) is 1.70. The number of fused-ring (bicyclic) bond motifs is 1. The summed E-state index contributed by atoms with van der Waals surface area (Å²) in [5.41, 5.74) is 3.05. The molecule has 0 N–H and O–H groups in total. The van der Waals surface area contributed by atoms with E-state index >= 15 is 0 Å². The molecule has 3 aromatic rings. The highest BCUT2D eigenvalue weighted by Gasteiger charge is 2.23. The number of benzene rings is 2. The van der Waals surface area contributed by atoms with Crippen molar-refractivity contribution in [1.29, 1.82) is 0 Å². The second-order valence-electron chi connectivity index (χ2n) is 7.65. The number of aromatic nitrogens is 1. The van der Waals surface area contributed by atoms with Crippen LogP contribution in [0.1, 0.15) is 27.6 Å². The number of amides is 1. The van der Waals surface area contributed by atoms with Gasteiger partial charge in [-0.25, -0.2) is 4.79 Å². The van der Waals surface area contributed by atoms with Crippen LogP contribution in [0.4, 0.5) is 5.69 Å². The van der Waals surface area contributed by atoms with Gasteiger partial charge in [-0.05, 0) is 37.3 Å². The number of nitrogens with zero attached hydrogens (tertiary/aromatic N) is 3. The lowest BCUT2D eigenvalue weighted by molar-refractivity contribution is -0.132. The molecule has 160 valence electrons. The number of hydrogen-bond acceptors (Lipinski definition) is 5. The van der Waals surface area contributed by atoms with Crippen LogP contribution in [0.2, 0.25) is 0 Å². The highest BCUT2D eigenvalue weighted by Crippen LogP contribution is 2.23. The molecule has 0 radical (unpaired) electrons. The highest BCUT2D eigenvalue weighted by atomic mass is 16.5. The number of piperazine rings is 1. The lowest BCUT2D eigenvalue weighted by Gasteiger charge is -2.36. The first kappa shape index (κ1) is 20.7. The molecule has 1 aliphatic heterocycles. The summed E-state index contributed by atoms with van der Waals surface area (Å²) >= 11 is 0. The highest BCUT2D eigenvalue weighted by molar-refractivity contribution is 6.04. The fourth-order valence-electron chi connectivity index (χ4n) is 4.02. The summed E-state index contributed by atoms with van der Waals surface area (Å²) in [5, 5.41) is 0.779. The Balaban J connectivity index is 1.43. The van der Waals surface area contributed by atoms with E-state index in [1.807, 2.05) is 58.0 Å². The standard InChI is InChI=1S/C24H25N3O4/c1-17(28)18-7-9-19(10-8-18)25-11-13-26(14-12-25)23(29)16-27-15-21(24(30)31-2)20-5-3-4-6-22(20)27/h3-10,15H,11-14,16H2,1-2H3. The van der Waals surface area contributed by atoms with E-state index < -0.39 is 5.97 Å². The Labute approximate surface area is 180 Å². The third-order valence-corrected chi connectivity index (χ3v) is 5.77. The average molecular weight is 419 g/mol. The number of methoxy groups -OCH3 is 1. The molecule has 31 heavy (non-hydrogen) atoms. The van der Waals surface area contributed by atoms with Gasteiger partial charge in [0.15, 0.2) is 5.78 Å². The summed E-state index contributed by atoms with van der Waals surface area (Å²) < 4.78 is 6.70. The molecule has 2 heterocycles. The number of ether oxygens (including phenoxy) is 1. The van der Waals surface area contributed by atoms with Crippen LogP contribution in [0.3, 0.4) is 0 Å². The predicted molar refractivity (Wildman–Crippen MR) is 119 cm³/mol. The number of carbonyl (C=O) groups is 3. The fraction of sp³-hybridized carbons (Fsp3) is 0.292. The van der Waals surface area contributed by atoms with Crippen LogP contribution in [-0.4, -0.2) is 60.4 Å². The van der Waals surface area contributed by atoms with E-state index in [-0.39, 0.29) is 18.2 Å². The molecule has 0 aliphatic carbocycles. The first-order chi connectivity index (χ1) is 15.0. The Hall–Kier alpha value is -3.61.